The van der Waals surface area contributed by atoms with E-state index in [9.17, 15) is 4.79 Å². The largest absolute Gasteiger partial charge is 0.482 e. The van der Waals surface area contributed by atoms with Gasteiger partial charge in [0.05, 0.1) is 18.3 Å². The lowest BCUT2D eigenvalue weighted by Gasteiger charge is -2.19. The van der Waals surface area contributed by atoms with Crippen molar-refractivity contribution >= 4 is 11.6 Å². The number of nitrogens with two attached hydrogens (primary N) is 1. The molecule has 1 aromatic carbocycles. The predicted octanol–water partition coefficient (Wildman–Crippen LogP) is 0.00960. The third-order valence-electron chi connectivity index (χ3n) is 2.26. The smallest absolute Gasteiger partial charge is 0.262 e. The van der Waals surface area contributed by atoms with Crippen molar-refractivity contribution in [2.75, 3.05) is 18.5 Å². The summed E-state index contributed by atoms with van der Waals surface area (Å²) in [6.07, 6.45) is 0. The van der Waals surface area contributed by atoms with Gasteiger partial charge in [-0.15, -0.1) is 0 Å². The van der Waals surface area contributed by atoms with E-state index in [4.69, 9.17) is 15.6 Å². The lowest BCUT2D eigenvalue weighted by atomic mass is 10.1. The van der Waals surface area contributed by atoms with Gasteiger partial charge in [0.1, 0.15) is 5.75 Å². The highest BCUT2D eigenvalue weighted by molar-refractivity contribution is 5.95. The molecule has 5 heteroatoms. The lowest BCUT2D eigenvalue weighted by molar-refractivity contribution is -0.118. The van der Waals surface area contributed by atoms with Crippen LogP contribution >= 0.6 is 0 Å². The standard InChI is InChI=1S/C10H12N2O3/c11-7(4-13)6-1-2-9-8(3-6)12-10(14)5-15-9/h1-3,7,13H,4-5,11H2,(H,12,14)/t7-/m1/s1. The highest BCUT2D eigenvalue weighted by atomic mass is 16.5. The van der Waals surface area contributed by atoms with Crippen LogP contribution in [0.5, 0.6) is 5.75 Å². The van der Waals surface area contributed by atoms with Crippen LogP contribution < -0.4 is 15.8 Å². The summed E-state index contributed by atoms with van der Waals surface area (Å²) < 4.78 is 5.19. The second-order valence-corrected chi connectivity index (χ2v) is 3.38. The van der Waals surface area contributed by atoms with Crippen molar-refractivity contribution in [1.82, 2.24) is 0 Å². The third kappa shape index (κ3) is 1.93. The molecule has 0 bridgehead atoms. The van der Waals surface area contributed by atoms with E-state index in [1.807, 2.05) is 0 Å². The average molecular weight is 208 g/mol. The normalized spacial score (nSPS) is 16.3. The molecule has 0 radical (unpaired) electrons. The molecule has 1 aliphatic rings. The van der Waals surface area contributed by atoms with Crippen LogP contribution in [-0.4, -0.2) is 24.2 Å². The van der Waals surface area contributed by atoms with Crippen LogP contribution in [-0.2, 0) is 4.79 Å². The monoisotopic (exact) mass is 208 g/mol. The number of fused-ring (bicyclic) bond motifs is 1. The van der Waals surface area contributed by atoms with Gasteiger partial charge in [0.15, 0.2) is 6.61 Å². The summed E-state index contributed by atoms with van der Waals surface area (Å²) in [6, 6.07) is 4.79. The fourth-order valence-corrected chi connectivity index (χ4v) is 1.44. The SMILES string of the molecule is N[C@H](CO)c1ccc2c(c1)NC(=O)CO2. The molecule has 0 aliphatic carbocycles. The molecule has 80 valence electrons. The minimum Gasteiger partial charge on any atom is -0.482 e. The van der Waals surface area contributed by atoms with E-state index < -0.39 is 6.04 Å². The number of rotatable bonds is 2. The van der Waals surface area contributed by atoms with Gasteiger partial charge < -0.3 is 20.9 Å². The first-order valence-corrected chi connectivity index (χ1v) is 4.63. The van der Waals surface area contributed by atoms with E-state index in [0.717, 1.165) is 5.56 Å². The topological polar surface area (TPSA) is 84.6 Å². The Balaban J connectivity index is 2.32. The Morgan fingerprint density at radius 3 is 3.13 bits per heavy atom. The highest BCUT2D eigenvalue weighted by Gasteiger charge is 2.17. The van der Waals surface area contributed by atoms with E-state index >= 15 is 0 Å². The maximum absolute atomic E-state index is 11.1. The molecule has 0 unspecified atom stereocenters. The van der Waals surface area contributed by atoms with E-state index in [0.29, 0.717) is 11.4 Å². The first-order chi connectivity index (χ1) is 7.20. The molecular formula is C10H12N2O3. The van der Waals surface area contributed by atoms with Crippen molar-refractivity contribution in [3.8, 4) is 5.75 Å². The zero-order chi connectivity index (χ0) is 10.8. The third-order valence-corrected chi connectivity index (χ3v) is 2.26. The van der Waals surface area contributed by atoms with Gasteiger partial charge in [-0.3, -0.25) is 4.79 Å². The first kappa shape index (κ1) is 9.95. The summed E-state index contributed by atoms with van der Waals surface area (Å²) >= 11 is 0. The van der Waals surface area contributed by atoms with Gasteiger partial charge >= 0.3 is 0 Å². The van der Waals surface area contributed by atoms with Gasteiger partial charge in [0, 0.05) is 0 Å². The average Bonchev–Trinajstić information content (AvgIpc) is 2.27. The Bertz CT molecular complexity index is 392. The van der Waals surface area contributed by atoms with Crippen molar-refractivity contribution in [3.05, 3.63) is 23.8 Å². The number of amides is 1. The Morgan fingerprint density at radius 1 is 1.60 bits per heavy atom. The van der Waals surface area contributed by atoms with E-state index in [1.165, 1.54) is 0 Å². The number of benzene rings is 1. The quantitative estimate of drug-likeness (QED) is 0.639. The number of hydrogen-bond donors (Lipinski definition) is 3. The summed E-state index contributed by atoms with van der Waals surface area (Å²) in [7, 11) is 0. The molecule has 5 nitrogen and oxygen atoms in total. The Hall–Kier alpha value is -1.59. The summed E-state index contributed by atoms with van der Waals surface area (Å²) in [5, 5.41) is 11.6. The minimum absolute atomic E-state index is 0.0401. The molecule has 1 atom stereocenters. The summed E-state index contributed by atoms with van der Waals surface area (Å²) in [5.41, 5.74) is 7.03. The maximum atomic E-state index is 11.1. The van der Waals surface area contributed by atoms with Crippen molar-refractivity contribution in [2.45, 2.75) is 6.04 Å². The van der Waals surface area contributed by atoms with Gasteiger partial charge in [-0.1, -0.05) is 6.07 Å². The van der Waals surface area contributed by atoms with Gasteiger partial charge in [-0.2, -0.15) is 0 Å². The fraction of sp³-hybridized carbons (Fsp3) is 0.300. The van der Waals surface area contributed by atoms with Crippen molar-refractivity contribution in [1.29, 1.82) is 0 Å². The molecule has 0 aromatic heterocycles. The van der Waals surface area contributed by atoms with Crippen LogP contribution in [0.1, 0.15) is 11.6 Å². The molecule has 1 heterocycles. The van der Waals surface area contributed by atoms with Gasteiger partial charge in [-0.25, -0.2) is 0 Å². The molecule has 1 aliphatic heterocycles. The molecule has 4 N–H and O–H groups in total. The number of carbonyl (C=O) groups is 1. The number of ether oxygens (including phenoxy) is 1. The molecular weight excluding hydrogens is 196 g/mol. The zero-order valence-corrected chi connectivity index (χ0v) is 8.06. The fourth-order valence-electron chi connectivity index (χ4n) is 1.44. The Morgan fingerprint density at radius 2 is 2.40 bits per heavy atom. The van der Waals surface area contributed by atoms with Gasteiger partial charge in [-0.05, 0) is 17.7 Å². The Labute approximate surface area is 86.8 Å². The van der Waals surface area contributed by atoms with Crippen LogP contribution in [0, 0.1) is 0 Å². The van der Waals surface area contributed by atoms with Crippen LogP contribution in [0.3, 0.4) is 0 Å². The van der Waals surface area contributed by atoms with E-state index in [-0.39, 0.29) is 19.1 Å². The predicted molar refractivity (Wildman–Crippen MR) is 54.6 cm³/mol. The van der Waals surface area contributed by atoms with Crippen LogP contribution in [0.2, 0.25) is 0 Å². The summed E-state index contributed by atoms with van der Waals surface area (Å²) in [5.74, 6) is 0.445. The molecule has 1 amide bonds. The van der Waals surface area contributed by atoms with E-state index in [2.05, 4.69) is 5.32 Å². The van der Waals surface area contributed by atoms with Gasteiger partial charge in [0.2, 0.25) is 0 Å². The minimum atomic E-state index is -0.436. The molecule has 0 spiro atoms. The van der Waals surface area contributed by atoms with Crippen molar-refractivity contribution < 1.29 is 14.6 Å². The molecule has 15 heavy (non-hydrogen) atoms. The highest BCUT2D eigenvalue weighted by Crippen LogP contribution is 2.29. The van der Waals surface area contributed by atoms with Crippen LogP contribution in [0.25, 0.3) is 0 Å². The number of anilines is 1. The number of hydrogen-bond acceptors (Lipinski definition) is 4. The molecule has 2 rings (SSSR count). The number of nitrogens with one attached hydrogen (secondary N) is 1. The first-order valence-electron chi connectivity index (χ1n) is 4.63. The number of carbonyl (C=O) groups excluding carboxylic acids is 1. The van der Waals surface area contributed by atoms with Crippen molar-refractivity contribution in [3.63, 3.8) is 0 Å². The van der Waals surface area contributed by atoms with Crippen LogP contribution in [0.15, 0.2) is 18.2 Å². The molecule has 0 saturated heterocycles. The van der Waals surface area contributed by atoms with Gasteiger partial charge in [0.25, 0.3) is 5.91 Å². The second-order valence-electron chi connectivity index (χ2n) is 3.38. The molecule has 1 aromatic rings. The maximum Gasteiger partial charge on any atom is 0.262 e. The zero-order valence-electron chi connectivity index (χ0n) is 8.06. The summed E-state index contributed by atoms with van der Waals surface area (Å²) in [6.45, 7) is -0.0913. The van der Waals surface area contributed by atoms with Crippen molar-refractivity contribution in [2.24, 2.45) is 5.73 Å². The molecule has 0 saturated carbocycles. The lowest BCUT2D eigenvalue weighted by Crippen LogP contribution is -2.25. The number of aliphatic hydroxyl groups excluding tert-OH is 1. The second kappa shape index (κ2) is 3.88. The van der Waals surface area contributed by atoms with E-state index in [1.54, 1.807) is 18.2 Å². The summed E-state index contributed by atoms with van der Waals surface area (Å²) in [4.78, 5) is 11.1. The van der Waals surface area contributed by atoms with Crippen LogP contribution in [0.4, 0.5) is 5.69 Å². The molecule has 0 fully saturated rings. The number of aliphatic hydroxyl groups is 1. The Kier molecular flexibility index (Phi) is 2.57.